The van der Waals surface area contributed by atoms with Gasteiger partial charge in [0.1, 0.15) is 24.8 Å². The lowest BCUT2D eigenvalue weighted by Crippen LogP contribution is -2.28. The van der Waals surface area contributed by atoms with Crippen LogP contribution in [0.5, 0.6) is 0 Å². The normalized spacial score (nSPS) is 10.3. The van der Waals surface area contributed by atoms with E-state index in [1.165, 1.54) is 23.7 Å². The average molecular weight is 301 g/mol. The molecule has 8 nitrogen and oxygen atoms in total. The molecule has 3 aromatic heterocycles. The Morgan fingerprint density at radius 3 is 3.05 bits per heavy atom. The first-order chi connectivity index (χ1) is 10.3. The van der Waals surface area contributed by atoms with E-state index < -0.39 is 0 Å². The SMILES string of the molecule is O=C(NCc1cccs1)Nc1cc(-n2cncn2)ncn1. The molecule has 0 saturated heterocycles. The van der Waals surface area contributed by atoms with E-state index in [2.05, 4.69) is 30.7 Å². The Morgan fingerprint density at radius 1 is 1.33 bits per heavy atom. The molecule has 2 N–H and O–H groups in total. The molecule has 3 aromatic rings. The van der Waals surface area contributed by atoms with Gasteiger partial charge in [-0.3, -0.25) is 5.32 Å². The third-order valence-electron chi connectivity index (χ3n) is 2.55. The van der Waals surface area contributed by atoms with E-state index in [0.29, 0.717) is 18.2 Å². The summed E-state index contributed by atoms with van der Waals surface area (Å²) in [5, 5.41) is 11.3. The molecule has 21 heavy (non-hydrogen) atoms. The smallest absolute Gasteiger partial charge is 0.320 e. The van der Waals surface area contributed by atoms with E-state index in [1.807, 2.05) is 17.5 Å². The zero-order valence-electron chi connectivity index (χ0n) is 10.8. The summed E-state index contributed by atoms with van der Waals surface area (Å²) in [6.07, 6.45) is 4.28. The largest absolute Gasteiger partial charge is 0.333 e. The first kappa shape index (κ1) is 13.2. The molecule has 0 aliphatic heterocycles. The minimum Gasteiger partial charge on any atom is -0.333 e. The molecule has 0 saturated carbocycles. The fraction of sp³-hybridized carbons (Fsp3) is 0.0833. The quantitative estimate of drug-likeness (QED) is 0.760. The maximum absolute atomic E-state index is 11.8. The molecule has 0 aromatic carbocycles. The average Bonchev–Trinajstić information content (AvgIpc) is 3.19. The molecule has 2 amide bonds. The van der Waals surface area contributed by atoms with Crippen molar-refractivity contribution in [3.8, 4) is 5.82 Å². The highest BCUT2D eigenvalue weighted by Crippen LogP contribution is 2.09. The van der Waals surface area contributed by atoms with E-state index in [-0.39, 0.29) is 6.03 Å². The monoisotopic (exact) mass is 301 g/mol. The zero-order chi connectivity index (χ0) is 14.5. The summed E-state index contributed by atoms with van der Waals surface area (Å²) in [6.45, 7) is 0.477. The second-order valence-corrected chi connectivity index (χ2v) is 5.02. The van der Waals surface area contributed by atoms with E-state index in [9.17, 15) is 4.79 Å². The van der Waals surface area contributed by atoms with Gasteiger partial charge in [0.15, 0.2) is 5.82 Å². The minimum atomic E-state index is -0.327. The number of nitrogens with one attached hydrogen (secondary N) is 2. The number of rotatable bonds is 4. The van der Waals surface area contributed by atoms with Gasteiger partial charge in [0, 0.05) is 10.9 Å². The van der Waals surface area contributed by atoms with Crippen LogP contribution in [0.2, 0.25) is 0 Å². The van der Waals surface area contributed by atoms with Crippen molar-refractivity contribution in [2.24, 2.45) is 0 Å². The highest BCUT2D eigenvalue weighted by atomic mass is 32.1. The van der Waals surface area contributed by atoms with Crippen molar-refractivity contribution in [1.29, 1.82) is 0 Å². The third-order valence-corrected chi connectivity index (χ3v) is 3.43. The predicted molar refractivity (Wildman–Crippen MR) is 77.1 cm³/mol. The number of urea groups is 1. The van der Waals surface area contributed by atoms with Crippen molar-refractivity contribution in [2.75, 3.05) is 5.32 Å². The van der Waals surface area contributed by atoms with Crippen LogP contribution in [-0.2, 0) is 6.54 Å². The van der Waals surface area contributed by atoms with Crippen molar-refractivity contribution in [1.82, 2.24) is 30.0 Å². The lowest BCUT2D eigenvalue weighted by Gasteiger charge is -2.06. The van der Waals surface area contributed by atoms with Gasteiger partial charge < -0.3 is 5.32 Å². The number of aromatic nitrogens is 5. The third kappa shape index (κ3) is 3.39. The van der Waals surface area contributed by atoms with Gasteiger partial charge in [-0.1, -0.05) is 6.07 Å². The number of amides is 2. The number of thiophene rings is 1. The predicted octanol–water partition coefficient (Wildman–Crippen LogP) is 1.44. The molecule has 3 rings (SSSR count). The van der Waals surface area contributed by atoms with Crippen molar-refractivity contribution in [3.63, 3.8) is 0 Å². The summed E-state index contributed by atoms with van der Waals surface area (Å²) in [4.78, 5) is 24.8. The highest BCUT2D eigenvalue weighted by Gasteiger charge is 2.06. The molecular weight excluding hydrogens is 290 g/mol. The molecular formula is C12H11N7OS. The molecule has 0 unspecified atom stereocenters. The molecule has 3 heterocycles. The Bertz CT molecular complexity index is 711. The lowest BCUT2D eigenvalue weighted by molar-refractivity contribution is 0.251. The number of hydrogen-bond acceptors (Lipinski definition) is 6. The number of hydrogen-bond donors (Lipinski definition) is 2. The summed E-state index contributed by atoms with van der Waals surface area (Å²) >= 11 is 1.59. The molecule has 0 fully saturated rings. The van der Waals surface area contributed by atoms with Gasteiger partial charge in [0.2, 0.25) is 0 Å². The van der Waals surface area contributed by atoms with E-state index in [0.717, 1.165) is 4.88 Å². The van der Waals surface area contributed by atoms with Crippen molar-refractivity contribution in [3.05, 3.63) is 47.4 Å². The van der Waals surface area contributed by atoms with Gasteiger partial charge in [-0.25, -0.2) is 24.4 Å². The van der Waals surface area contributed by atoms with Crippen LogP contribution >= 0.6 is 11.3 Å². The molecule has 9 heteroatoms. The second kappa shape index (κ2) is 6.09. The highest BCUT2D eigenvalue weighted by molar-refractivity contribution is 7.09. The van der Waals surface area contributed by atoms with E-state index in [4.69, 9.17) is 0 Å². The van der Waals surface area contributed by atoms with Crippen LogP contribution in [0, 0.1) is 0 Å². The van der Waals surface area contributed by atoms with Gasteiger partial charge in [0.05, 0.1) is 6.54 Å². The fourth-order valence-corrected chi connectivity index (χ4v) is 2.25. The standard InChI is InChI=1S/C12H11N7OS/c20-12(14-5-9-2-1-3-21-9)18-10-4-11(16-7-15-10)19-8-13-6-17-19/h1-4,6-8H,5H2,(H2,14,15,16,18,20). The van der Waals surface area contributed by atoms with Crippen molar-refractivity contribution >= 4 is 23.2 Å². The van der Waals surface area contributed by atoms with Crippen LogP contribution in [0.3, 0.4) is 0 Å². The second-order valence-electron chi connectivity index (χ2n) is 3.99. The lowest BCUT2D eigenvalue weighted by atomic mass is 10.4. The molecule has 0 bridgehead atoms. The van der Waals surface area contributed by atoms with Crippen LogP contribution in [0.15, 0.2) is 42.6 Å². The molecule has 0 atom stereocenters. The Balaban J connectivity index is 1.62. The molecule has 106 valence electrons. The maximum atomic E-state index is 11.8. The Morgan fingerprint density at radius 2 is 2.29 bits per heavy atom. The van der Waals surface area contributed by atoms with E-state index >= 15 is 0 Å². The van der Waals surface area contributed by atoms with Gasteiger partial charge in [-0.05, 0) is 11.4 Å². The number of carbonyl (C=O) groups is 1. The van der Waals surface area contributed by atoms with Gasteiger partial charge in [-0.15, -0.1) is 11.3 Å². The Labute approximate surface area is 123 Å². The summed E-state index contributed by atoms with van der Waals surface area (Å²) in [5.74, 6) is 0.912. The Hall–Kier alpha value is -2.81. The number of nitrogens with zero attached hydrogens (tertiary/aromatic N) is 5. The van der Waals surface area contributed by atoms with Crippen molar-refractivity contribution in [2.45, 2.75) is 6.54 Å². The fourth-order valence-electron chi connectivity index (χ4n) is 1.61. The maximum Gasteiger partial charge on any atom is 0.320 e. The van der Waals surface area contributed by atoms with Crippen molar-refractivity contribution < 1.29 is 4.79 Å². The minimum absolute atomic E-state index is 0.327. The molecule has 0 radical (unpaired) electrons. The molecule has 0 aliphatic rings. The number of anilines is 1. The summed E-state index contributed by atoms with van der Waals surface area (Å²) < 4.78 is 1.48. The molecule has 0 spiro atoms. The van der Waals surface area contributed by atoms with E-state index in [1.54, 1.807) is 17.4 Å². The van der Waals surface area contributed by atoms with Crippen LogP contribution < -0.4 is 10.6 Å². The van der Waals surface area contributed by atoms with Gasteiger partial charge >= 0.3 is 6.03 Å². The van der Waals surface area contributed by atoms with Crippen LogP contribution in [0.1, 0.15) is 4.88 Å². The Kier molecular flexibility index (Phi) is 3.83. The van der Waals surface area contributed by atoms with Crippen LogP contribution in [-0.4, -0.2) is 30.8 Å². The van der Waals surface area contributed by atoms with Gasteiger partial charge in [0.25, 0.3) is 0 Å². The number of carbonyl (C=O) groups excluding carboxylic acids is 1. The zero-order valence-corrected chi connectivity index (χ0v) is 11.6. The molecule has 0 aliphatic carbocycles. The first-order valence-electron chi connectivity index (χ1n) is 6.05. The van der Waals surface area contributed by atoms with Gasteiger partial charge in [-0.2, -0.15) is 5.10 Å². The topological polar surface area (TPSA) is 97.6 Å². The first-order valence-corrected chi connectivity index (χ1v) is 6.93. The van der Waals surface area contributed by atoms with Crippen LogP contribution in [0.25, 0.3) is 5.82 Å². The summed E-state index contributed by atoms with van der Waals surface area (Å²) in [7, 11) is 0. The van der Waals surface area contributed by atoms with Crippen LogP contribution in [0.4, 0.5) is 10.6 Å². The summed E-state index contributed by atoms with van der Waals surface area (Å²) in [5.41, 5.74) is 0. The summed E-state index contributed by atoms with van der Waals surface area (Å²) in [6, 6.07) is 5.18.